The molecule has 1 aliphatic carbocycles. The summed E-state index contributed by atoms with van der Waals surface area (Å²) in [6.45, 7) is 2.87. The van der Waals surface area contributed by atoms with Gasteiger partial charge in [-0.15, -0.1) is 11.3 Å². The first-order valence-electron chi connectivity index (χ1n) is 12.9. The zero-order valence-corrected chi connectivity index (χ0v) is 21.9. The van der Waals surface area contributed by atoms with Crippen molar-refractivity contribution in [3.05, 3.63) is 34.7 Å². The van der Waals surface area contributed by atoms with E-state index < -0.39 is 18.5 Å². The lowest BCUT2D eigenvalue weighted by molar-refractivity contribution is -0.139. The van der Waals surface area contributed by atoms with Gasteiger partial charge in [0.2, 0.25) is 5.91 Å². The molecule has 10 heteroatoms. The van der Waals surface area contributed by atoms with E-state index in [4.69, 9.17) is 9.84 Å². The third-order valence-electron chi connectivity index (χ3n) is 7.16. The maximum absolute atomic E-state index is 13.5. The van der Waals surface area contributed by atoms with Crippen LogP contribution >= 0.6 is 11.3 Å². The number of thiophene rings is 1. The first kappa shape index (κ1) is 26.9. The van der Waals surface area contributed by atoms with Crippen LogP contribution in [0.5, 0.6) is 5.75 Å². The Balaban J connectivity index is 1.58. The standard InChI is InChI=1S/C27H35N3O6S/c1-16-23(36-15-21(31)32)25(27(34)35)37-24(16)18-6-5-9-20(14-18)29-22(17-10-12-28-13-11-17)26(33)30-19-7-3-2-4-8-19/h5-6,9,14,17,19,22,28-29H,2-4,7-8,10-13,15H2,1H3,(H,30,33)(H,31,32)(H,34,35). The number of rotatable bonds is 10. The van der Waals surface area contributed by atoms with E-state index in [2.05, 4.69) is 16.0 Å². The van der Waals surface area contributed by atoms with E-state index in [1.165, 1.54) is 6.42 Å². The van der Waals surface area contributed by atoms with Gasteiger partial charge in [0.1, 0.15) is 11.8 Å². The number of aliphatic carboxylic acids is 1. The Morgan fingerprint density at radius 1 is 1.11 bits per heavy atom. The quantitative estimate of drug-likeness (QED) is 0.310. The second-order valence-corrected chi connectivity index (χ2v) is 10.9. The summed E-state index contributed by atoms with van der Waals surface area (Å²) < 4.78 is 5.33. The van der Waals surface area contributed by atoms with E-state index in [1.54, 1.807) is 6.92 Å². The molecule has 200 valence electrons. The fraction of sp³-hybridized carbons (Fsp3) is 0.519. The van der Waals surface area contributed by atoms with Gasteiger partial charge in [-0.1, -0.05) is 31.4 Å². The number of carboxylic acids is 2. The van der Waals surface area contributed by atoms with Gasteiger partial charge in [0, 0.05) is 22.2 Å². The molecule has 1 unspecified atom stereocenters. The molecule has 1 aliphatic heterocycles. The second-order valence-electron chi connectivity index (χ2n) is 9.84. The summed E-state index contributed by atoms with van der Waals surface area (Å²) in [7, 11) is 0. The number of nitrogens with one attached hydrogen (secondary N) is 3. The van der Waals surface area contributed by atoms with E-state index in [1.807, 2.05) is 24.3 Å². The molecule has 2 heterocycles. The molecule has 1 saturated heterocycles. The van der Waals surface area contributed by atoms with Crippen molar-refractivity contribution in [3.8, 4) is 16.2 Å². The molecular weight excluding hydrogens is 494 g/mol. The van der Waals surface area contributed by atoms with Crippen LogP contribution in [0.3, 0.4) is 0 Å². The van der Waals surface area contributed by atoms with Gasteiger partial charge in [0.15, 0.2) is 11.5 Å². The highest BCUT2D eigenvalue weighted by molar-refractivity contribution is 7.18. The highest BCUT2D eigenvalue weighted by Crippen LogP contribution is 2.42. The summed E-state index contributed by atoms with van der Waals surface area (Å²) in [5, 5.41) is 28.8. The van der Waals surface area contributed by atoms with E-state index in [0.29, 0.717) is 10.4 Å². The Hall–Kier alpha value is -3.11. The smallest absolute Gasteiger partial charge is 0.349 e. The van der Waals surface area contributed by atoms with Gasteiger partial charge in [-0.25, -0.2) is 9.59 Å². The van der Waals surface area contributed by atoms with Crippen LogP contribution < -0.4 is 20.7 Å². The SMILES string of the molecule is Cc1c(-c2cccc(NC(C(=O)NC3CCCCC3)C3CCNCC3)c2)sc(C(=O)O)c1OCC(=O)O. The van der Waals surface area contributed by atoms with Gasteiger partial charge in [-0.2, -0.15) is 0 Å². The fourth-order valence-electron chi connectivity index (χ4n) is 5.27. The van der Waals surface area contributed by atoms with Crippen molar-refractivity contribution in [1.29, 1.82) is 0 Å². The second kappa shape index (κ2) is 12.4. The van der Waals surface area contributed by atoms with Crippen LogP contribution in [-0.2, 0) is 9.59 Å². The fourth-order valence-corrected chi connectivity index (χ4v) is 6.35. The number of carbonyl (C=O) groups is 3. The van der Waals surface area contributed by atoms with Gasteiger partial charge in [-0.3, -0.25) is 4.79 Å². The number of anilines is 1. The molecule has 2 aromatic rings. The Kier molecular flexibility index (Phi) is 9.04. The Morgan fingerprint density at radius 3 is 2.51 bits per heavy atom. The summed E-state index contributed by atoms with van der Waals surface area (Å²) >= 11 is 1.05. The predicted octanol–water partition coefficient (Wildman–Crippen LogP) is 4.11. The van der Waals surface area contributed by atoms with Crippen molar-refractivity contribution >= 4 is 34.9 Å². The molecule has 2 fully saturated rings. The summed E-state index contributed by atoms with van der Waals surface area (Å²) in [5.41, 5.74) is 2.13. The first-order valence-corrected chi connectivity index (χ1v) is 13.7. The Morgan fingerprint density at radius 2 is 1.84 bits per heavy atom. The molecular formula is C27H35N3O6S. The molecule has 2 aliphatic rings. The van der Waals surface area contributed by atoms with Crippen LogP contribution in [0.2, 0.25) is 0 Å². The van der Waals surface area contributed by atoms with Crippen molar-refractivity contribution in [2.75, 3.05) is 25.0 Å². The number of piperidine rings is 1. The van der Waals surface area contributed by atoms with Crippen molar-refractivity contribution in [1.82, 2.24) is 10.6 Å². The molecule has 9 nitrogen and oxygen atoms in total. The topological polar surface area (TPSA) is 137 Å². The lowest BCUT2D eigenvalue weighted by atomic mass is 9.88. The van der Waals surface area contributed by atoms with E-state index in [0.717, 1.165) is 74.2 Å². The molecule has 37 heavy (non-hydrogen) atoms. The number of benzene rings is 1. The van der Waals surface area contributed by atoms with Crippen molar-refractivity contribution in [2.45, 2.75) is 64.0 Å². The van der Waals surface area contributed by atoms with E-state index in [9.17, 15) is 19.5 Å². The molecule has 0 radical (unpaired) electrons. The maximum Gasteiger partial charge on any atom is 0.349 e. The minimum Gasteiger partial charge on any atom is -0.480 e. The van der Waals surface area contributed by atoms with Crippen LogP contribution in [0.15, 0.2) is 24.3 Å². The summed E-state index contributed by atoms with van der Waals surface area (Å²) in [6.07, 6.45) is 7.39. The van der Waals surface area contributed by atoms with Gasteiger partial charge < -0.3 is 30.9 Å². The zero-order valence-electron chi connectivity index (χ0n) is 21.0. The normalized spacial score (nSPS) is 17.6. The highest BCUT2D eigenvalue weighted by Gasteiger charge is 2.31. The predicted molar refractivity (Wildman–Crippen MR) is 143 cm³/mol. The van der Waals surface area contributed by atoms with Gasteiger partial charge in [0.05, 0.1) is 0 Å². The number of ether oxygens (including phenoxy) is 1. The Labute approximate surface area is 220 Å². The number of aromatic carboxylic acids is 1. The Bertz CT molecular complexity index is 1120. The molecule has 4 rings (SSSR count). The lowest BCUT2D eigenvalue weighted by Gasteiger charge is -2.33. The third-order valence-corrected chi connectivity index (χ3v) is 8.47. The number of carboxylic acid groups (broad SMARTS) is 2. The van der Waals surface area contributed by atoms with Gasteiger partial charge >= 0.3 is 11.9 Å². The van der Waals surface area contributed by atoms with Crippen molar-refractivity contribution < 1.29 is 29.3 Å². The van der Waals surface area contributed by atoms with Gasteiger partial charge in [-0.05, 0) is 69.3 Å². The molecule has 1 atom stereocenters. The molecule has 1 amide bonds. The summed E-state index contributed by atoms with van der Waals surface area (Å²) in [4.78, 5) is 36.9. The average Bonchev–Trinajstić information content (AvgIpc) is 3.23. The molecule has 1 aromatic heterocycles. The number of carbonyl (C=O) groups excluding carboxylic acids is 1. The minimum absolute atomic E-state index is 0.0356. The van der Waals surface area contributed by atoms with Crippen LogP contribution in [0.4, 0.5) is 5.69 Å². The minimum atomic E-state index is -1.18. The number of hydrogen-bond donors (Lipinski definition) is 5. The molecule has 1 aromatic carbocycles. The number of hydrogen-bond acceptors (Lipinski definition) is 7. The average molecular weight is 530 g/mol. The van der Waals surface area contributed by atoms with E-state index in [-0.39, 0.29) is 34.5 Å². The summed E-state index contributed by atoms with van der Waals surface area (Å²) in [5.74, 6) is -2.03. The number of amides is 1. The molecule has 5 N–H and O–H groups in total. The van der Waals surface area contributed by atoms with Crippen LogP contribution in [0.1, 0.15) is 60.2 Å². The van der Waals surface area contributed by atoms with Crippen molar-refractivity contribution in [2.24, 2.45) is 5.92 Å². The van der Waals surface area contributed by atoms with E-state index >= 15 is 0 Å². The monoisotopic (exact) mass is 529 g/mol. The van der Waals surface area contributed by atoms with Crippen LogP contribution in [0.25, 0.3) is 10.4 Å². The third kappa shape index (κ3) is 6.81. The lowest BCUT2D eigenvalue weighted by Crippen LogP contribution is -2.50. The molecule has 0 bridgehead atoms. The largest absolute Gasteiger partial charge is 0.480 e. The maximum atomic E-state index is 13.5. The van der Waals surface area contributed by atoms with Crippen molar-refractivity contribution in [3.63, 3.8) is 0 Å². The molecule has 1 saturated carbocycles. The van der Waals surface area contributed by atoms with Crippen LogP contribution in [-0.4, -0.2) is 59.8 Å². The van der Waals surface area contributed by atoms with Gasteiger partial charge in [0.25, 0.3) is 0 Å². The zero-order chi connectivity index (χ0) is 26.4. The molecule has 0 spiro atoms. The highest BCUT2D eigenvalue weighted by atomic mass is 32.1. The summed E-state index contributed by atoms with van der Waals surface area (Å²) in [6, 6.07) is 7.42. The van der Waals surface area contributed by atoms with Crippen LogP contribution in [0, 0.1) is 12.8 Å². The first-order chi connectivity index (χ1) is 17.8.